The van der Waals surface area contributed by atoms with Crippen molar-refractivity contribution in [3.8, 4) is 6.07 Å². The molecule has 0 aliphatic carbocycles. The molecule has 20 heavy (non-hydrogen) atoms. The normalized spacial score (nSPS) is 23.8. The molecule has 4 heteroatoms. The second-order valence-corrected chi connectivity index (χ2v) is 5.87. The van der Waals surface area contributed by atoms with Crippen LogP contribution in [-0.4, -0.2) is 42.1 Å². The Morgan fingerprint density at radius 2 is 2.00 bits per heavy atom. The smallest absolute Gasteiger partial charge is 0.128 e. The van der Waals surface area contributed by atoms with Gasteiger partial charge in [0.25, 0.3) is 0 Å². The van der Waals surface area contributed by atoms with E-state index in [4.69, 9.17) is 5.26 Å². The molecule has 0 radical (unpaired) electrons. The van der Waals surface area contributed by atoms with Crippen LogP contribution in [0.25, 0.3) is 0 Å². The van der Waals surface area contributed by atoms with Crippen LogP contribution in [0.2, 0.25) is 0 Å². The zero-order chi connectivity index (χ0) is 13.8. The topological polar surface area (TPSA) is 43.2 Å². The van der Waals surface area contributed by atoms with Crippen molar-refractivity contribution in [2.45, 2.75) is 38.1 Å². The minimum atomic E-state index is 0.591. The number of pyridine rings is 1. The van der Waals surface area contributed by atoms with Crippen LogP contribution in [0.5, 0.6) is 0 Å². The Balaban J connectivity index is 1.66. The molecular weight excluding hydrogens is 248 g/mol. The molecule has 0 N–H and O–H groups in total. The van der Waals surface area contributed by atoms with Crippen LogP contribution in [0.15, 0.2) is 18.3 Å². The summed E-state index contributed by atoms with van der Waals surface area (Å²) < 4.78 is 0. The molecule has 1 atom stereocenters. The highest BCUT2D eigenvalue weighted by atomic mass is 15.3. The molecule has 2 aliphatic heterocycles. The predicted octanol–water partition coefficient (Wildman–Crippen LogP) is 2.41. The summed E-state index contributed by atoms with van der Waals surface area (Å²) in [6, 6.07) is 6.59. The molecule has 0 bridgehead atoms. The number of nitrogens with zero attached hydrogens (tertiary/aromatic N) is 4. The predicted molar refractivity (Wildman–Crippen MR) is 79.6 cm³/mol. The van der Waals surface area contributed by atoms with Crippen LogP contribution < -0.4 is 4.90 Å². The molecular formula is C16H22N4. The largest absolute Gasteiger partial charge is 0.352 e. The first-order chi connectivity index (χ1) is 9.86. The quantitative estimate of drug-likeness (QED) is 0.846. The highest BCUT2D eigenvalue weighted by Crippen LogP contribution is 2.25. The highest BCUT2D eigenvalue weighted by molar-refractivity contribution is 5.44. The maximum absolute atomic E-state index is 8.85. The average molecular weight is 270 g/mol. The maximum Gasteiger partial charge on any atom is 0.128 e. The maximum atomic E-state index is 8.85. The minimum Gasteiger partial charge on any atom is -0.352 e. The fourth-order valence-electron chi connectivity index (χ4n) is 3.39. The molecule has 3 heterocycles. The van der Waals surface area contributed by atoms with E-state index in [9.17, 15) is 0 Å². The number of piperidine rings is 1. The van der Waals surface area contributed by atoms with Crippen LogP contribution in [0, 0.1) is 11.3 Å². The van der Waals surface area contributed by atoms with Crippen molar-refractivity contribution < 1.29 is 0 Å². The summed E-state index contributed by atoms with van der Waals surface area (Å²) in [5.74, 6) is 1.03. The van der Waals surface area contributed by atoms with Crippen LogP contribution >= 0.6 is 0 Å². The number of nitriles is 1. The molecule has 0 spiro atoms. The fourth-order valence-corrected chi connectivity index (χ4v) is 3.39. The molecule has 0 amide bonds. The lowest BCUT2D eigenvalue weighted by atomic mass is 10.1. The highest BCUT2D eigenvalue weighted by Gasteiger charge is 2.27. The first kappa shape index (κ1) is 13.4. The van der Waals surface area contributed by atoms with Crippen LogP contribution in [0.1, 0.15) is 37.7 Å². The van der Waals surface area contributed by atoms with Gasteiger partial charge in [0.15, 0.2) is 0 Å². The summed E-state index contributed by atoms with van der Waals surface area (Å²) in [6.45, 7) is 4.77. The Morgan fingerprint density at radius 1 is 1.15 bits per heavy atom. The first-order valence-electron chi connectivity index (χ1n) is 7.72. The number of anilines is 1. The Morgan fingerprint density at radius 3 is 2.70 bits per heavy atom. The Bertz CT molecular complexity index is 470. The standard InChI is InChI=1S/C16H22N4/c17-11-14-6-7-16(18-12-14)20-10-4-5-15(20)13-19-8-2-1-3-9-19/h6-7,12,15H,1-5,8-10,13H2/t15-/m0/s1. The SMILES string of the molecule is N#Cc1ccc(N2CCC[C@H]2CN2CCCCC2)nc1. The number of rotatable bonds is 3. The van der Waals surface area contributed by atoms with Gasteiger partial charge in [0.2, 0.25) is 0 Å². The molecule has 3 rings (SSSR count). The molecule has 106 valence electrons. The van der Waals surface area contributed by atoms with E-state index in [1.54, 1.807) is 6.20 Å². The lowest BCUT2D eigenvalue weighted by Crippen LogP contribution is -2.42. The zero-order valence-electron chi connectivity index (χ0n) is 12.0. The molecule has 2 fully saturated rings. The molecule has 1 aromatic rings. The van der Waals surface area contributed by atoms with E-state index in [0.717, 1.165) is 12.4 Å². The van der Waals surface area contributed by atoms with Gasteiger partial charge in [-0.05, 0) is 50.9 Å². The summed E-state index contributed by atoms with van der Waals surface area (Å²) in [5.41, 5.74) is 0.639. The van der Waals surface area contributed by atoms with Crippen LogP contribution in [0.3, 0.4) is 0 Å². The van der Waals surface area contributed by atoms with E-state index in [2.05, 4.69) is 20.9 Å². The van der Waals surface area contributed by atoms with Gasteiger partial charge >= 0.3 is 0 Å². The number of hydrogen-bond donors (Lipinski definition) is 0. The Labute approximate surface area is 121 Å². The van der Waals surface area contributed by atoms with E-state index >= 15 is 0 Å². The molecule has 2 aliphatic rings. The van der Waals surface area contributed by atoms with E-state index < -0.39 is 0 Å². The number of aromatic nitrogens is 1. The van der Waals surface area contributed by atoms with Crippen molar-refractivity contribution in [1.29, 1.82) is 5.26 Å². The second kappa shape index (κ2) is 6.23. The lowest BCUT2D eigenvalue weighted by molar-refractivity contribution is 0.216. The average Bonchev–Trinajstić information content (AvgIpc) is 2.96. The van der Waals surface area contributed by atoms with Gasteiger partial charge < -0.3 is 9.80 Å². The van der Waals surface area contributed by atoms with Gasteiger partial charge in [-0.15, -0.1) is 0 Å². The van der Waals surface area contributed by atoms with Crippen molar-refractivity contribution in [3.63, 3.8) is 0 Å². The number of hydrogen-bond acceptors (Lipinski definition) is 4. The van der Waals surface area contributed by atoms with Crippen LogP contribution in [0.4, 0.5) is 5.82 Å². The molecule has 0 unspecified atom stereocenters. The fraction of sp³-hybridized carbons (Fsp3) is 0.625. The van der Waals surface area contributed by atoms with Gasteiger partial charge in [0, 0.05) is 25.3 Å². The summed E-state index contributed by atoms with van der Waals surface area (Å²) in [6.07, 6.45) is 8.29. The summed E-state index contributed by atoms with van der Waals surface area (Å²) in [4.78, 5) is 9.49. The number of likely N-dealkylation sites (tertiary alicyclic amines) is 1. The second-order valence-electron chi connectivity index (χ2n) is 5.87. The van der Waals surface area contributed by atoms with Crippen molar-refractivity contribution in [1.82, 2.24) is 9.88 Å². The van der Waals surface area contributed by atoms with Gasteiger partial charge in [0.1, 0.15) is 11.9 Å². The van der Waals surface area contributed by atoms with E-state index in [1.807, 2.05) is 12.1 Å². The molecule has 0 saturated carbocycles. The Hall–Kier alpha value is -1.60. The summed E-state index contributed by atoms with van der Waals surface area (Å²) in [7, 11) is 0. The van der Waals surface area contributed by atoms with Gasteiger partial charge in [-0.3, -0.25) is 0 Å². The third kappa shape index (κ3) is 2.94. The van der Waals surface area contributed by atoms with Gasteiger partial charge in [-0.2, -0.15) is 5.26 Å². The van der Waals surface area contributed by atoms with E-state index in [0.29, 0.717) is 11.6 Å². The van der Waals surface area contributed by atoms with E-state index in [-0.39, 0.29) is 0 Å². The third-order valence-electron chi connectivity index (χ3n) is 4.47. The first-order valence-corrected chi connectivity index (χ1v) is 7.72. The van der Waals surface area contributed by atoms with Crippen molar-refractivity contribution in [3.05, 3.63) is 23.9 Å². The Kier molecular flexibility index (Phi) is 4.17. The monoisotopic (exact) mass is 270 g/mol. The van der Waals surface area contributed by atoms with Crippen LogP contribution in [-0.2, 0) is 0 Å². The summed E-state index contributed by atoms with van der Waals surface area (Å²) >= 11 is 0. The van der Waals surface area contributed by atoms with Gasteiger partial charge in [-0.25, -0.2) is 4.98 Å². The lowest BCUT2D eigenvalue weighted by Gasteiger charge is -2.33. The van der Waals surface area contributed by atoms with Crippen molar-refractivity contribution in [2.24, 2.45) is 0 Å². The van der Waals surface area contributed by atoms with Crippen molar-refractivity contribution >= 4 is 5.82 Å². The molecule has 0 aromatic carbocycles. The molecule has 1 aromatic heterocycles. The molecule has 4 nitrogen and oxygen atoms in total. The zero-order valence-corrected chi connectivity index (χ0v) is 12.0. The van der Waals surface area contributed by atoms with Gasteiger partial charge in [-0.1, -0.05) is 6.42 Å². The van der Waals surface area contributed by atoms with Gasteiger partial charge in [0.05, 0.1) is 5.56 Å². The summed E-state index contributed by atoms with van der Waals surface area (Å²) in [5, 5.41) is 8.85. The van der Waals surface area contributed by atoms with Crippen molar-refractivity contribution in [2.75, 3.05) is 31.1 Å². The molecule has 2 saturated heterocycles. The third-order valence-corrected chi connectivity index (χ3v) is 4.47. The van der Waals surface area contributed by atoms with E-state index in [1.165, 1.54) is 51.7 Å². The minimum absolute atomic E-state index is 0.591.